The second-order valence-corrected chi connectivity index (χ2v) is 6.52. The SMILES string of the molecule is Cc1cc(C)nc(N2CCC(N[C@H](CO)c3ccccc3)CC2)n1. The molecule has 0 unspecified atom stereocenters. The van der Waals surface area contributed by atoms with Crippen LogP contribution in [-0.4, -0.2) is 40.8 Å². The Bertz CT molecular complexity index is 633. The molecule has 0 radical (unpaired) electrons. The summed E-state index contributed by atoms with van der Waals surface area (Å²) in [5.41, 5.74) is 3.17. The molecule has 128 valence electrons. The van der Waals surface area contributed by atoms with Gasteiger partial charge in [0.05, 0.1) is 12.6 Å². The van der Waals surface area contributed by atoms with Crippen LogP contribution in [0.3, 0.4) is 0 Å². The van der Waals surface area contributed by atoms with Crippen molar-refractivity contribution in [1.29, 1.82) is 0 Å². The van der Waals surface area contributed by atoms with Gasteiger partial charge in [0, 0.05) is 30.5 Å². The summed E-state index contributed by atoms with van der Waals surface area (Å²) < 4.78 is 0. The first-order chi connectivity index (χ1) is 11.7. The van der Waals surface area contributed by atoms with Crippen LogP contribution in [0.15, 0.2) is 36.4 Å². The van der Waals surface area contributed by atoms with Gasteiger partial charge in [-0.25, -0.2) is 9.97 Å². The van der Waals surface area contributed by atoms with Gasteiger partial charge in [-0.15, -0.1) is 0 Å². The number of hydrogen-bond donors (Lipinski definition) is 2. The predicted molar refractivity (Wildman–Crippen MR) is 96.1 cm³/mol. The molecule has 1 aliphatic heterocycles. The maximum absolute atomic E-state index is 9.71. The van der Waals surface area contributed by atoms with Crippen molar-refractivity contribution in [3.8, 4) is 0 Å². The molecule has 5 nitrogen and oxygen atoms in total. The number of aromatic nitrogens is 2. The molecule has 2 aromatic rings. The average Bonchev–Trinajstić information content (AvgIpc) is 2.60. The third-order valence-corrected chi connectivity index (χ3v) is 4.57. The van der Waals surface area contributed by atoms with E-state index in [1.54, 1.807) is 0 Å². The van der Waals surface area contributed by atoms with Crippen molar-refractivity contribution in [2.75, 3.05) is 24.6 Å². The number of piperidine rings is 1. The summed E-state index contributed by atoms with van der Waals surface area (Å²) in [5, 5.41) is 13.3. The third kappa shape index (κ3) is 4.10. The van der Waals surface area contributed by atoms with E-state index in [-0.39, 0.29) is 12.6 Å². The number of rotatable bonds is 5. The van der Waals surface area contributed by atoms with Crippen LogP contribution in [0.1, 0.15) is 35.8 Å². The van der Waals surface area contributed by atoms with Crippen molar-refractivity contribution in [3.05, 3.63) is 53.3 Å². The van der Waals surface area contributed by atoms with Crippen LogP contribution in [0, 0.1) is 13.8 Å². The number of aliphatic hydroxyl groups excluding tert-OH is 1. The van der Waals surface area contributed by atoms with E-state index in [1.807, 2.05) is 38.1 Å². The molecule has 24 heavy (non-hydrogen) atoms. The van der Waals surface area contributed by atoms with Gasteiger partial charge in [0.25, 0.3) is 0 Å². The Morgan fingerprint density at radius 3 is 2.33 bits per heavy atom. The minimum atomic E-state index is 0.000198. The van der Waals surface area contributed by atoms with Gasteiger partial charge < -0.3 is 15.3 Å². The summed E-state index contributed by atoms with van der Waals surface area (Å²) in [6.45, 7) is 6.02. The van der Waals surface area contributed by atoms with Crippen molar-refractivity contribution in [2.24, 2.45) is 0 Å². The van der Waals surface area contributed by atoms with Crippen LogP contribution in [-0.2, 0) is 0 Å². The Kier molecular flexibility index (Phi) is 5.43. The first kappa shape index (κ1) is 16.9. The maximum Gasteiger partial charge on any atom is 0.225 e. The fourth-order valence-corrected chi connectivity index (χ4v) is 3.32. The lowest BCUT2D eigenvalue weighted by Gasteiger charge is -2.34. The molecule has 0 aliphatic carbocycles. The van der Waals surface area contributed by atoms with Crippen molar-refractivity contribution < 1.29 is 5.11 Å². The van der Waals surface area contributed by atoms with Gasteiger partial charge in [-0.05, 0) is 38.3 Å². The highest BCUT2D eigenvalue weighted by Gasteiger charge is 2.23. The lowest BCUT2D eigenvalue weighted by molar-refractivity contribution is 0.225. The molecule has 1 aromatic heterocycles. The van der Waals surface area contributed by atoms with Crippen LogP contribution < -0.4 is 10.2 Å². The maximum atomic E-state index is 9.71. The number of aliphatic hydroxyl groups is 1. The van der Waals surface area contributed by atoms with Crippen LogP contribution in [0.5, 0.6) is 0 Å². The highest BCUT2D eigenvalue weighted by Crippen LogP contribution is 2.20. The molecule has 1 aliphatic rings. The van der Waals surface area contributed by atoms with E-state index < -0.39 is 0 Å². The average molecular weight is 326 g/mol. The molecular formula is C19H26N4O. The molecule has 0 amide bonds. The summed E-state index contributed by atoms with van der Waals surface area (Å²) >= 11 is 0. The van der Waals surface area contributed by atoms with Gasteiger partial charge in [0.1, 0.15) is 0 Å². The van der Waals surface area contributed by atoms with Crippen LogP contribution in [0.25, 0.3) is 0 Å². The predicted octanol–water partition coefficient (Wildman–Crippen LogP) is 2.39. The number of nitrogens with one attached hydrogen (secondary N) is 1. The van der Waals surface area contributed by atoms with Gasteiger partial charge in [-0.3, -0.25) is 0 Å². The molecule has 2 N–H and O–H groups in total. The standard InChI is InChI=1S/C19H26N4O/c1-14-12-15(2)21-19(20-14)23-10-8-17(9-11-23)22-18(13-24)16-6-4-3-5-7-16/h3-7,12,17-18,22,24H,8-11,13H2,1-2H3/t18-/m1/s1. The minimum Gasteiger partial charge on any atom is -0.394 e. The smallest absolute Gasteiger partial charge is 0.225 e. The quantitative estimate of drug-likeness (QED) is 0.883. The number of benzene rings is 1. The summed E-state index contributed by atoms with van der Waals surface area (Å²) in [6.07, 6.45) is 2.05. The molecule has 3 rings (SSSR count). The highest BCUT2D eigenvalue weighted by molar-refractivity contribution is 5.33. The van der Waals surface area contributed by atoms with Crippen molar-refractivity contribution in [1.82, 2.24) is 15.3 Å². The molecule has 1 fully saturated rings. The van der Waals surface area contributed by atoms with Crippen molar-refractivity contribution in [2.45, 2.75) is 38.8 Å². The van der Waals surface area contributed by atoms with Crippen molar-refractivity contribution >= 4 is 5.95 Å². The summed E-state index contributed by atoms with van der Waals surface area (Å²) in [5.74, 6) is 0.840. The second kappa shape index (κ2) is 7.73. The molecular weight excluding hydrogens is 300 g/mol. The van der Waals surface area contributed by atoms with Crippen LogP contribution in [0.4, 0.5) is 5.95 Å². The van der Waals surface area contributed by atoms with Crippen LogP contribution in [0.2, 0.25) is 0 Å². The summed E-state index contributed by atoms with van der Waals surface area (Å²) in [4.78, 5) is 11.4. The van der Waals surface area contributed by atoms with E-state index >= 15 is 0 Å². The Morgan fingerprint density at radius 1 is 1.12 bits per heavy atom. The molecule has 5 heteroatoms. The number of anilines is 1. The molecule has 1 saturated heterocycles. The Labute approximate surface area is 143 Å². The second-order valence-electron chi connectivity index (χ2n) is 6.52. The Balaban J connectivity index is 1.58. The first-order valence-electron chi connectivity index (χ1n) is 8.65. The zero-order chi connectivity index (χ0) is 16.9. The van der Waals surface area contributed by atoms with E-state index in [0.29, 0.717) is 6.04 Å². The van der Waals surface area contributed by atoms with E-state index in [9.17, 15) is 5.11 Å². The number of nitrogens with zero attached hydrogens (tertiary/aromatic N) is 3. The van der Waals surface area contributed by atoms with E-state index in [4.69, 9.17) is 0 Å². The monoisotopic (exact) mass is 326 g/mol. The van der Waals surface area contributed by atoms with E-state index in [0.717, 1.165) is 48.8 Å². The zero-order valence-electron chi connectivity index (χ0n) is 14.4. The van der Waals surface area contributed by atoms with Gasteiger partial charge >= 0.3 is 0 Å². The number of hydrogen-bond acceptors (Lipinski definition) is 5. The first-order valence-corrected chi connectivity index (χ1v) is 8.65. The van der Waals surface area contributed by atoms with Gasteiger partial charge in [0.15, 0.2) is 0 Å². The lowest BCUT2D eigenvalue weighted by Crippen LogP contribution is -2.45. The Hall–Kier alpha value is -1.98. The summed E-state index contributed by atoms with van der Waals surface area (Å²) in [6, 6.07) is 12.6. The van der Waals surface area contributed by atoms with Gasteiger partial charge in [-0.1, -0.05) is 30.3 Å². The number of aryl methyl sites for hydroxylation is 2. The fourth-order valence-electron chi connectivity index (χ4n) is 3.32. The molecule has 2 heterocycles. The van der Waals surface area contributed by atoms with E-state index in [2.05, 4.69) is 32.3 Å². The van der Waals surface area contributed by atoms with Crippen molar-refractivity contribution in [3.63, 3.8) is 0 Å². The topological polar surface area (TPSA) is 61.3 Å². The van der Waals surface area contributed by atoms with E-state index in [1.165, 1.54) is 0 Å². The third-order valence-electron chi connectivity index (χ3n) is 4.57. The normalized spacial score (nSPS) is 17.0. The molecule has 1 aromatic carbocycles. The van der Waals surface area contributed by atoms with Crippen LogP contribution >= 0.6 is 0 Å². The minimum absolute atomic E-state index is 0.000198. The molecule has 0 bridgehead atoms. The largest absolute Gasteiger partial charge is 0.394 e. The zero-order valence-corrected chi connectivity index (χ0v) is 14.4. The Morgan fingerprint density at radius 2 is 1.75 bits per heavy atom. The molecule has 1 atom stereocenters. The fraction of sp³-hybridized carbons (Fsp3) is 0.474. The van der Waals surface area contributed by atoms with Gasteiger partial charge in [-0.2, -0.15) is 0 Å². The lowest BCUT2D eigenvalue weighted by atomic mass is 10.0. The molecule has 0 spiro atoms. The van der Waals surface area contributed by atoms with Gasteiger partial charge in [0.2, 0.25) is 5.95 Å². The summed E-state index contributed by atoms with van der Waals surface area (Å²) in [7, 11) is 0. The highest BCUT2D eigenvalue weighted by atomic mass is 16.3. The molecule has 0 saturated carbocycles.